The third-order valence-corrected chi connectivity index (χ3v) is 5.17. The van der Waals surface area contributed by atoms with Crippen LogP contribution in [0.5, 0.6) is 0 Å². The lowest BCUT2D eigenvalue weighted by molar-refractivity contribution is 0.0874. The highest BCUT2D eigenvalue weighted by atomic mass is 31.2. The van der Waals surface area contributed by atoms with Crippen LogP contribution in [0.4, 0.5) is 0 Å². The van der Waals surface area contributed by atoms with Crippen molar-refractivity contribution in [1.29, 1.82) is 0 Å². The topological polar surface area (TPSA) is 49.7 Å². The molecule has 2 unspecified atom stereocenters. The summed E-state index contributed by atoms with van der Waals surface area (Å²) >= 11 is 0. The van der Waals surface area contributed by atoms with Crippen LogP contribution >= 0.6 is 8.60 Å². The van der Waals surface area contributed by atoms with Gasteiger partial charge < -0.3 is 14.3 Å². The Morgan fingerprint density at radius 2 is 1.46 bits per heavy atom. The summed E-state index contributed by atoms with van der Waals surface area (Å²) in [5, 5.41) is 0. The lowest BCUT2D eigenvalue weighted by Gasteiger charge is -2.38. The Hall–Kier alpha value is -1.77. The normalized spacial score (nSPS) is 23.8. The summed E-state index contributed by atoms with van der Waals surface area (Å²) in [6.07, 6.45) is 3.95. The van der Waals surface area contributed by atoms with Crippen molar-refractivity contribution in [1.82, 2.24) is 0 Å². The average molecular weight is 340 g/mol. The van der Waals surface area contributed by atoms with E-state index in [2.05, 4.69) is 31.2 Å². The molecule has 2 atom stereocenters. The summed E-state index contributed by atoms with van der Waals surface area (Å²) in [5.41, 5.74) is 3.76. The third-order valence-electron chi connectivity index (χ3n) is 4.61. The van der Waals surface area contributed by atoms with Crippen molar-refractivity contribution in [3.8, 4) is 0 Å². The zero-order valence-corrected chi connectivity index (χ0v) is 14.6. The fourth-order valence-electron chi connectivity index (χ4n) is 3.18. The Kier molecular flexibility index (Phi) is 4.98. The van der Waals surface area contributed by atoms with E-state index in [0.29, 0.717) is 0 Å². The Labute approximate surface area is 143 Å². The van der Waals surface area contributed by atoms with Gasteiger partial charge >= 0.3 is 8.60 Å². The van der Waals surface area contributed by atoms with Gasteiger partial charge in [0.1, 0.15) is 0 Å². The molecule has 0 radical (unpaired) electrons. The van der Waals surface area contributed by atoms with E-state index in [4.69, 9.17) is 4.52 Å². The summed E-state index contributed by atoms with van der Waals surface area (Å²) in [5.74, 6) is -0.0376. The number of allylic oxidation sites excluding steroid dienone is 2. The molecular weight excluding hydrogens is 319 g/mol. The molecule has 4 heteroatoms. The minimum atomic E-state index is -2.43. The second-order valence-electron chi connectivity index (χ2n) is 6.14. The first kappa shape index (κ1) is 17.1. The maximum atomic E-state index is 9.38. The Morgan fingerprint density at radius 1 is 0.917 bits per heavy atom. The summed E-state index contributed by atoms with van der Waals surface area (Å²) in [4.78, 5) is 18.8. The van der Waals surface area contributed by atoms with Crippen molar-refractivity contribution in [2.24, 2.45) is 5.92 Å². The molecule has 2 N–H and O–H groups in total. The van der Waals surface area contributed by atoms with E-state index in [9.17, 15) is 9.79 Å². The second kappa shape index (κ2) is 7.00. The molecule has 2 aromatic rings. The maximum absolute atomic E-state index is 9.38. The summed E-state index contributed by atoms with van der Waals surface area (Å²) in [7, 11) is -2.43. The molecule has 0 aromatic heterocycles. The highest BCUT2D eigenvalue weighted by Crippen LogP contribution is 2.48. The van der Waals surface area contributed by atoms with Crippen LogP contribution in [-0.2, 0) is 4.52 Å². The highest BCUT2D eigenvalue weighted by Gasteiger charge is 2.38. The van der Waals surface area contributed by atoms with Crippen LogP contribution in [0.1, 0.15) is 25.0 Å². The molecule has 3 nitrogen and oxygen atoms in total. The van der Waals surface area contributed by atoms with E-state index in [-0.39, 0.29) is 5.92 Å². The van der Waals surface area contributed by atoms with Gasteiger partial charge in [0, 0.05) is 5.92 Å². The van der Waals surface area contributed by atoms with Crippen molar-refractivity contribution < 1.29 is 14.3 Å². The molecule has 124 valence electrons. The molecular formula is C20H21O3P. The van der Waals surface area contributed by atoms with E-state index in [0.717, 1.165) is 22.3 Å². The van der Waals surface area contributed by atoms with E-state index in [1.165, 1.54) is 0 Å². The van der Waals surface area contributed by atoms with Crippen LogP contribution < -0.4 is 0 Å². The zero-order valence-electron chi connectivity index (χ0n) is 13.8. The molecule has 0 saturated heterocycles. The maximum Gasteiger partial charge on any atom is 0.327 e. The van der Waals surface area contributed by atoms with Gasteiger partial charge in [0.25, 0.3) is 0 Å². The van der Waals surface area contributed by atoms with Crippen molar-refractivity contribution in [3.05, 3.63) is 83.9 Å². The first-order valence-electron chi connectivity index (χ1n) is 7.92. The van der Waals surface area contributed by atoms with E-state index < -0.39 is 14.2 Å². The molecule has 0 amide bonds. The molecule has 0 saturated carbocycles. The molecule has 1 aliphatic rings. The first-order valence-corrected chi connectivity index (χ1v) is 9.09. The van der Waals surface area contributed by atoms with Gasteiger partial charge in [0.05, 0.1) is 5.60 Å². The third kappa shape index (κ3) is 3.35. The number of hydrogen-bond acceptors (Lipinski definition) is 3. The minimum Gasteiger partial charge on any atom is -0.328 e. The van der Waals surface area contributed by atoms with Gasteiger partial charge in [-0.15, -0.1) is 0 Å². The lowest BCUT2D eigenvalue weighted by Crippen LogP contribution is -2.35. The van der Waals surface area contributed by atoms with Crippen LogP contribution in [0.15, 0.2) is 72.8 Å². The molecule has 0 spiro atoms. The number of hydrogen-bond donors (Lipinski definition) is 2. The summed E-state index contributed by atoms with van der Waals surface area (Å²) in [6, 6.07) is 20.4. The standard InChI is InChI=1S/C20H21O3P/c1-15-19(17-11-7-4-8-12-17)18(16-9-5-3-6-10-16)13-14-20(15,2)23-24(21)22/h3-15,21-22H,1-2H3. The van der Waals surface area contributed by atoms with Gasteiger partial charge in [-0.25, -0.2) is 0 Å². The monoisotopic (exact) mass is 340 g/mol. The van der Waals surface area contributed by atoms with Crippen LogP contribution in [0.3, 0.4) is 0 Å². The quantitative estimate of drug-likeness (QED) is 0.787. The smallest absolute Gasteiger partial charge is 0.327 e. The van der Waals surface area contributed by atoms with Crippen molar-refractivity contribution in [2.75, 3.05) is 0 Å². The molecule has 3 rings (SSSR count). The summed E-state index contributed by atoms with van der Waals surface area (Å²) in [6.45, 7) is 3.95. The fraction of sp³-hybridized carbons (Fsp3) is 0.200. The van der Waals surface area contributed by atoms with Crippen molar-refractivity contribution in [2.45, 2.75) is 19.4 Å². The minimum absolute atomic E-state index is 0.0376. The van der Waals surface area contributed by atoms with E-state index in [1.807, 2.05) is 55.5 Å². The highest BCUT2D eigenvalue weighted by molar-refractivity contribution is 7.39. The lowest BCUT2D eigenvalue weighted by atomic mass is 9.74. The predicted molar refractivity (Wildman–Crippen MR) is 98.8 cm³/mol. The Morgan fingerprint density at radius 3 is 2.00 bits per heavy atom. The first-order chi connectivity index (χ1) is 11.5. The van der Waals surface area contributed by atoms with Crippen LogP contribution in [-0.4, -0.2) is 15.4 Å². The van der Waals surface area contributed by atoms with Gasteiger partial charge in [0.2, 0.25) is 0 Å². The largest absolute Gasteiger partial charge is 0.328 e. The van der Waals surface area contributed by atoms with Gasteiger partial charge in [0.15, 0.2) is 0 Å². The molecule has 0 heterocycles. The van der Waals surface area contributed by atoms with Crippen LogP contribution in [0, 0.1) is 5.92 Å². The number of benzene rings is 2. The Balaban J connectivity index is 2.15. The molecule has 0 fully saturated rings. The van der Waals surface area contributed by atoms with Crippen LogP contribution in [0.25, 0.3) is 11.1 Å². The van der Waals surface area contributed by atoms with Gasteiger partial charge in [-0.05, 0) is 29.2 Å². The molecule has 2 aromatic carbocycles. The van der Waals surface area contributed by atoms with Gasteiger partial charge in [-0.1, -0.05) is 79.7 Å². The van der Waals surface area contributed by atoms with Gasteiger partial charge in [-0.3, -0.25) is 0 Å². The molecule has 0 aliphatic heterocycles. The Bertz CT molecular complexity index is 753. The van der Waals surface area contributed by atoms with Crippen molar-refractivity contribution >= 4 is 19.7 Å². The molecule has 24 heavy (non-hydrogen) atoms. The predicted octanol–water partition coefficient (Wildman–Crippen LogP) is 4.79. The van der Waals surface area contributed by atoms with Crippen molar-refractivity contribution in [3.63, 3.8) is 0 Å². The zero-order chi connectivity index (χ0) is 17.2. The molecule has 0 bridgehead atoms. The van der Waals surface area contributed by atoms with Gasteiger partial charge in [-0.2, -0.15) is 0 Å². The molecule has 1 aliphatic carbocycles. The number of rotatable bonds is 4. The summed E-state index contributed by atoms with van der Waals surface area (Å²) < 4.78 is 5.48. The average Bonchev–Trinajstić information content (AvgIpc) is 2.58. The van der Waals surface area contributed by atoms with Crippen LogP contribution in [0.2, 0.25) is 0 Å². The van der Waals surface area contributed by atoms with E-state index in [1.54, 1.807) is 0 Å². The van der Waals surface area contributed by atoms with E-state index >= 15 is 0 Å². The SMILES string of the molecule is CC1C(c2ccccc2)=C(c2ccccc2)C=CC1(C)OP(O)O. The second-order valence-corrected chi connectivity index (χ2v) is 6.83. The fourth-order valence-corrected chi connectivity index (χ4v) is 3.75.